The van der Waals surface area contributed by atoms with Gasteiger partial charge in [0.05, 0.1) is 28.7 Å². The van der Waals surface area contributed by atoms with E-state index in [-0.39, 0.29) is 27.3 Å². The lowest BCUT2D eigenvalue weighted by Crippen LogP contribution is -2.50. The van der Waals surface area contributed by atoms with Crippen molar-refractivity contribution in [2.45, 2.75) is 4.90 Å². The first-order chi connectivity index (χ1) is 15.8. The summed E-state index contributed by atoms with van der Waals surface area (Å²) in [5, 5.41) is 0.0469. The first kappa shape index (κ1) is 23.6. The number of morpholine rings is 1. The van der Waals surface area contributed by atoms with E-state index in [1.54, 1.807) is 9.80 Å². The number of hydrogen-bond donors (Lipinski definition) is 0. The van der Waals surface area contributed by atoms with E-state index in [9.17, 15) is 22.4 Å². The second-order valence-electron chi connectivity index (χ2n) is 7.75. The van der Waals surface area contributed by atoms with Crippen LogP contribution in [0.4, 0.5) is 4.39 Å². The standard InChI is InChI=1S/C22H23ClFN3O5S/c23-20-15-17(24)3-6-19(20)22(29)26-9-7-25(8-10-26)21(28)16-1-4-18(5-2-16)33(30,31)27-11-13-32-14-12-27/h1-6,15H,7-14H2. The van der Waals surface area contributed by atoms with Gasteiger partial charge in [-0.2, -0.15) is 4.31 Å². The van der Waals surface area contributed by atoms with Crippen molar-refractivity contribution >= 4 is 33.4 Å². The van der Waals surface area contributed by atoms with Crippen molar-refractivity contribution in [1.29, 1.82) is 0 Å². The maximum atomic E-state index is 13.2. The molecule has 0 aromatic heterocycles. The minimum Gasteiger partial charge on any atom is -0.379 e. The van der Waals surface area contributed by atoms with Crippen molar-refractivity contribution in [3.63, 3.8) is 0 Å². The molecule has 176 valence electrons. The van der Waals surface area contributed by atoms with Gasteiger partial charge in [-0.25, -0.2) is 12.8 Å². The van der Waals surface area contributed by atoms with Gasteiger partial charge in [0.2, 0.25) is 10.0 Å². The van der Waals surface area contributed by atoms with Crippen LogP contribution in [0.1, 0.15) is 20.7 Å². The van der Waals surface area contributed by atoms with E-state index in [2.05, 4.69) is 0 Å². The van der Waals surface area contributed by atoms with Gasteiger partial charge in [0.1, 0.15) is 5.82 Å². The van der Waals surface area contributed by atoms with Crippen molar-refractivity contribution in [3.05, 3.63) is 64.4 Å². The van der Waals surface area contributed by atoms with Crippen LogP contribution in [0, 0.1) is 5.82 Å². The molecule has 33 heavy (non-hydrogen) atoms. The van der Waals surface area contributed by atoms with Crippen LogP contribution < -0.4 is 0 Å². The molecule has 2 aliphatic heterocycles. The minimum absolute atomic E-state index is 0.0469. The Balaban J connectivity index is 1.38. The second kappa shape index (κ2) is 9.76. The molecule has 2 heterocycles. The molecule has 2 fully saturated rings. The van der Waals surface area contributed by atoms with E-state index in [1.165, 1.54) is 40.7 Å². The molecular formula is C22H23ClFN3O5S. The van der Waals surface area contributed by atoms with Crippen LogP contribution in [0.5, 0.6) is 0 Å². The van der Waals surface area contributed by atoms with Crippen molar-refractivity contribution in [2.24, 2.45) is 0 Å². The van der Waals surface area contributed by atoms with Gasteiger partial charge in [0.25, 0.3) is 11.8 Å². The highest BCUT2D eigenvalue weighted by Gasteiger charge is 2.28. The van der Waals surface area contributed by atoms with Crippen LogP contribution in [-0.2, 0) is 14.8 Å². The number of hydrogen-bond acceptors (Lipinski definition) is 5. The Labute approximate surface area is 196 Å². The van der Waals surface area contributed by atoms with Crippen LogP contribution in [0.15, 0.2) is 47.4 Å². The van der Waals surface area contributed by atoms with E-state index >= 15 is 0 Å². The van der Waals surface area contributed by atoms with Gasteiger partial charge in [-0.05, 0) is 42.5 Å². The monoisotopic (exact) mass is 495 g/mol. The zero-order valence-electron chi connectivity index (χ0n) is 17.7. The number of nitrogens with zero attached hydrogens (tertiary/aromatic N) is 3. The maximum Gasteiger partial charge on any atom is 0.255 e. The first-order valence-corrected chi connectivity index (χ1v) is 12.3. The van der Waals surface area contributed by atoms with E-state index in [1.807, 2.05) is 0 Å². The van der Waals surface area contributed by atoms with Crippen molar-refractivity contribution in [2.75, 3.05) is 52.5 Å². The molecule has 2 aromatic carbocycles. The third-order valence-corrected chi connectivity index (χ3v) is 7.95. The fraction of sp³-hybridized carbons (Fsp3) is 0.364. The Hall–Kier alpha value is -2.53. The number of halogens is 2. The summed E-state index contributed by atoms with van der Waals surface area (Å²) < 4.78 is 45.3. The lowest BCUT2D eigenvalue weighted by Gasteiger charge is -2.35. The average Bonchev–Trinajstić information content (AvgIpc) is 2.84. The smallest absolute Gasteiger partial charge is 0.255 e. The number of piperazine rings is 1. The van der Waals surface area contributed by atoms with Gasteiger partial charge in [0.15, 0.2) is 0 Å². The SMILES string of the molecule is O=C(c1ccc(S(=O)(=O)N2CCOCC2)cc1)N1CCN(C(=O)c2ccc(F)cc2Cl)CC1. The summed E-state index contributed by atoms with van der Waals surface area (Å²) >= 11 is 5.99. The van der Waals surface area contributed by atoms with Gasteiger partial charge in [-0.3, -0.25) is 9.59 Å². The summed E-state index contributed by atoms with van der Waals surface area (Å²) in [5.41, 5.74) is 0.590. The zero-order chi connectivity index (χ0) is 23.6. The highest BCUT2D eigenvalue weighted by atomic mass is 35.5. The summed E-state index contributed by atoms with van der Waals surface area (Å²) in [4.78, 5) is 28.9. The molecule has 0 bridgehead atoms. The first-order valence-electron chi connectivity index (χ1n) is 10.5. The Bertz CT molecular complexity index is 1150. The Morgan fingerprint density at radius 1 is 0.848 bits per heavy atom. The average molecular weight is 496 g/mol. The molecule has 0 saturated carbocycles. The third-order valence-electron chi connectivity index (χ3n) is 5.72. The summed E-state index contributed by atoms with van der Waals surface area (Å²) in [6, 6.07) is 9.52. The molecule has 2 aromatic rings. The van der Waals surface area contributed by atoms with Crippen LogP contribution in [-0.4, -0.2) is 86.8 Å². The normalized spacial score (nSPS) is 17.8. The highest BCUT2D eigenvalue weighted by Crippen LogP contribution is 2.21. The molecule has 0 unspecified atom stereocenters. The molecule has 2 saturated heterocycles. The molecular weight excluding hydrogens is 473 g/mol. The lowest BCUT2D eigenvalue weighted by molar-refractivity contribution is 0.0535. The number of carbonyl (C=O) groups excluding carboxylic acids is 2. The predicted molar refractivity (Wildman–Crippen MR) is 119 cm³/mol. The number of benzene rings is 2. The molecule has 4 rings (SSSR count). The Kier molecular flexibility index (Phi) is 6.99. The topological polar surface area (TPSA) is 87.2 Å². The summed E-state index contributed by atoms with van der Waals surface area (Å²) in [6.07, 6.45) is 0. The number of ether oxygens (including phenoxy) is 1. The second-order valence-corrected chi connectivity index (χ2v) is 10.1. The molecule has 0 radical (unpaired) electrons. The number of carbonyl (C=O) groups is 2. The van der Waals surface area contributed by atoms with E-state index < -0.39 is 15.8 Å². The molecule has 0 N–H and O–H groups in total. The van der Waals surface area contributed by atoms with Crippen molar-refractivity contribution in [1.82, 2.24) is 14.1 Å². The molecule has 0 aliphatic carbocycles. The molecule has 11 heteroatoms. The zero-order valence-corrected chi connectivity index (χ0v) is 19.3. The molecule has 0 spiro atoms. The van der Waals surface area contributed by atoms with Gasteiger partial charge in [-0.15, -0.1) is 0 Å². The van der Waals surface area contributed by atoms with Crippen LogP contribution in [0.2, 0.25) is 5.02 Å². The fourth-order valence-corrected chi connectivity index (χ4v) is 5.49. The quantitative estimate of drug-likeness (QED) is 0.648. The molecule has 0 atom stereocenters. The van der Waals surface area contributed by atoms with E-state index in [0.29, 0.717) is 58.0 Å². The number of amides is 2. The summed E-state index contributed by atoms with van der Waals surface area (Å²) in [7, 11) is -3.63. The maximum absolute atomic E-state index is 13.2. The Morgan fingerprint density at radius 3 is 2.00 bits per heavy atom. The highest BCUT2D eigenvalue weighted by molar-refractivity contribution is 7.89. The number of rotatable bonds is 4. The summed E-state index contributed by atoms with van der Waals surface area (Å²) in [6.45, 7) is 2.57. The molecule has 2 amide bonds. The van der Waals surface area contributed by atoms with Gasteiger partial charge in [-0.1, -0.05) is 11.6 Å². The van der Waals surface area contributed by atoms with E-state index in [0.717, 1.165) is 6.07 Å². The Morgan fingerprint density at radius 2 is 1.42 bits per heavy atom. The van der Waals surface area contributed by atoms with Gasteiger partial charge < -0.3 is 14.5 Å². The minimum atomic E-state index is -3.63. The van der Waals surface area contributed by atoms with Crippen molar-refractivity contribution < 1.29 is 27.1 Å². The van der Waals surface area contributed by atoms with Crippen LogP contribution in [0.25, 0.3) is 0 Å². The van der Waals surface area contributed by atoms with Gasteiger partial charge in [0, 0.05) is 44.8 Å². The predicted octanol–water partition coefficient (Wildman–Crippen LogP) is 2.10. The van der Waals surface area contributed by atoms with Gasteiger partial charge >= 0.3 is 0 Å². The lowest BCUT2D eigenvalue weighted by atomic mass is 10.1. The van der Waals surface area contributed by atoms with Crippen LogP contribution >= 0.6 is 11.6 Å². The number of sulfonamides is 1. The van der Waals surface area contributed by atoms with E-state index in [4.69, 9.17) is 16.3 Å². The molecule has 8 nitrogen and oxygen atoms in total. The third kappa shape index (κ3) is 5.03. The van der Waals surface area contributed by atoms with Crippen molar-refractivity contribution in [3.8, 4) is 0 Å². The molecule has 2 aliphatic rings. The largest absolute Gasteiger partial charge is 0.379 e. The van der Waals surface area contributed by atoms with Crippen LogP contribution in [0.3, 0.4) is 0 Å². The summed E-state index contributed by atoms with van der Waals surface area (Å²) in [5.74, 6) is -1.07. The fourth-order valence-electron chi connectivity index (χ4n) is 3.83.